The second-order valence-corrected chi connectivity index (χ2v) is 6.11. The van der Waals surface area contributed by atoms with Crippen molar-refractivity contribution in [3.05, 3.63) is 29.3 Å². The lowest BCUT2D eigenvalue weighted by atomic mass is 10.0. The number of morpholine rings is 1. The third-order valence-electron chi connectivity index (χ3n) is 4.58. The second-order valence-electron chi connectivity index (χ2n) is 6.11. The third-order valence-corrected chi connectivity index (χ3v) is 4.58. The molecular formula is C18H23NO4. The standard InChI is InChI=1S/C18H23NO4/c1-22-17-11-13(2-5-16(17)20)10-14-3-4-15(18(14)21)12-19-6-8-23-9-7-19/h2,5,10-11,15,20H,3-4,6-9,12H2,1H3/b14-10+. The normalized spacial score (nSPS) is 24.3. The van der Waals surface area contributed by atoms with Gasteiger partial charge in [-0.25, -0.2) is 0 Å². The number of benzene rings is 1. The lowest BCUT2D eigenvalue weighted by molar-refractivity contribution is -0.118. The van der Waals surface area contributed by atoms with Crippen LogP contribution in [0.5, 0.6) is 11.5 Å². The number of rotatable bonds is 4. The molecule has 0 amide bonds. The number of hydrogen-bond donors (Lipinski definition) is 1. The van der Waals surface area contributed by atoms with Gasteiger partial charge in [0.25, 0.3) is 0 Å². The average molecular weight is 317 g/mol. The molecule has 2 aliphatic rings. The topological polar surface area (TPSA) is 59.0 Å². The smallest absolute Gasteiger partial charge is 0.163 e. The van der Waals surface area contributed by atoms with Crippen LogP contribution in [0.1, 0.15) is 18.4 Å². The Kier molecular flexibility index (Phi) is 4.98. The Morgan fingerprint density at radius 2 is 2.17 bits per heavy atom. The Morgan fingerprint density at radius 1 is 1.39 bits per heavy atom. The second kappa shape index (κ2) is 7.15. The summed E-state index contributed by atoms with van der Waals surface area (Å²) in [4.78, 5) is 14.9. The van der Waals surface area contributed by atoms with Crippen LogP contribution in [-0.2, 0) is 9.53 Å². The fraction of sp³-hybridized carbons (Fsp3) is 0.500. The lowest BCUT2D eigenvalue weighted by Crippen LogP contribution is -2.40. The van der Waals surface area contributed by atoms with Crippen LogP contribution >= 0.6 is 0 Å². The van der Waals surface area contributed by atoms with Gasteiger partial charge in [-0.2, -0.15) is 0 Å². The van der Waals surface area contributed by atoms with Crippen molar-refractivity contribution in [1.82, 2.24) is 4.90 Å². The predicted molar refractivity (Wildman–Crippen MR) is 87.6 cm³/mol. The summed E-state index contributed by atoms with van der Waals surface area (Å²) in [5, 5.41) is 9.64. The summed E-state index contributed by atoms with van der Waals surface area (Å²) in [5.41, 5.74) is 1.76. The van der Waals surface area contributed by atoms with Crippen LogP contribution in [0.15, 0.2) is 23.8 Å². The largest absolute Gasteiger partial charge is 0.504 e. The van der Waals surface area contributed by atoms with E-state index in [-0.39, 0.29) is 17.5 Å². The van der Waals surface area contributed by atoms with Gasteiger partial charge in [-0.05, 0) is 42.2 Å². The minimum absolute atomic E-state index is 0.0957. The van der Waals surface area contributed by atoms with Gasteiger partial charge in [0.15, 0.2) is 17.3 Å². The molecule has 1 aliphatic heterocycles. The van der Waals surface area contributed by atoms with Crippen LogP contribution in [0.4, 0.5) is 0 Å². The number of phenols is 1. The summed E-state index contributed by atoms with van der Waals surface area (Å²) in [6.07, 6.45) is 3.65. The molecule has 1 saturated heterocycles. The van der Waals surface area contributed by atoms with Crippen molar-refractivity contribution in [3.63, 3.8) is 0 Å². The summed E-state index contributed by atoms with van der Waals surface area (Å²) in [7, 11) is 1.52. The van der Waals surface area contributed by atoms with E-state index < -0.39 is 0 Å². The van der Waals surface area contributed by atoms with Gasteiger partial charge in [0.2, 0.25) is 0 Å². The third kappa shape index (κ3) is 3.74. The van der Waals surface area contributed by atoms with E-state index in [0.29, 0.717) is 5.75 Å². The summed E-state index contributed by atoms with van der Waals surface area (Å²) in [6.45, 7) is 4.18. The first-order valence-electron chi connectivity index (χ1n) is 8.09. The maximum Gasteiger partial charge on any atom is 0.163 e. The van der Waals surface area contributed by atoms with Gasteiger partial charge in [-0.15, -0.1) is 0 Å². The van der Waals surface area contributed by atoms with Crippen molar-refractivity contribution in [2.45, 2.75) is 12.8 Å². The number of phenolic OH excluding ortho intramolecular Hbond substituents is 1. The van der Waals surface area contributed by atoms with E-state index in [4.69, 9.17) is 9.47 Å². The summed E-state index contributed by atoms with van der Waals surface area (Å²) < 4.78 is 10.5. The number of ketones is 1. The maximum atomic E-state index is 12.6. The highest BCUT2D eigenvalue weighted by atomic mass is 16.5. The molecule has 2 fully saturated rings. The SMILES string of the molecule is COc1cc(/C=C2\CCC(CN3CCOCC3)C2=O)ccc1O. The van der Waals surface area contributed by atoms with Crippen LogP contribution in [0.2, 0.25) is 0 Å². The van der Waals surface area contributed by atoms with E-state index in [0.717, 1.165) is 56.8 Å². The summed E-state index contributed by atoms with van der Waals surface area (Å²) >= 11 is 0. The molecule has 1 aromatic rings. The summed E-state index contributed by atoms with van der Waals surface area (Å²) in [6, 6.07) is 5.15. The van der Waals surface area contributed by atoms with Crippen LogP contribution in [0.25, 0.3) is 6.08 Å². The average Bonchev–Trinajstić information content (AvgIpc) is 2.91. The Bertz CT molecular complexity index is 605. The molecule has 0 spiro atoms. The molecule has 5 nitrogen and oxygen atoms in total. The van der Waals surface area contributed by atoms with Gasteiger partial charge in [0, 0.05) is 25.6 Å². The van der Waals surface area contributed by atoms with Gasteiger partial charge in [-0.1, -0.05) is 6.07 Å². The zero-order valence-electron chi connectivity index (χ0n) is 13.5. The van der Waals surface area contributed by atoms with Crippen molar-refractivity contribution in [2.24, 2.45) is 5.92 Å². The van der Waals surface area contributed by atoms with Crippen LogP contribution in [-0.4, -0.2) is 55.7 Å². The first kappa shape index (κ1) is 16.0. The Hall–Kier alpha value is -1.85. The van der Waals surface area contributed by atoms with Gasteiger partial charge in [-0.3, -0.25) is 9.69 Å². The summed E-state index contributed by atoms with van der Waals surface area (Å²) in [5.74, 6) is 0.883. The van der Waals surface area contributed by atoms with Crippen molar-refractivity contribution in [1.29, 1.82) is 0 Å². The number of allylic oxidation sites excluding steroid dienone is 1. The minimum Gasteiger partial charge on any atom is -0.504 e. The van der Waals surface area contributed by atoms with Gasteiger partial charge in [0.05, 0.1) is 20.3 Å². The minimum atomic E-state index is 0.0957. The zero-order chi connectivity index (χ0) is 16.2. The van der Waals surface area contributed by atoms with E-state index in [2.05, 4.69) is 4.90 Å². The van der Waals surface area contributed by atoms with Crippen molar-refractivity contribution in [2.75, 3.05) is 40.0 Å². The molecule has 0 bridgehead atoms. The molecule has 124 valence electrons. The number of methoxy groups -OCH3 is 1. The van der Waals surface area contributed by atoms with Gasteiger partial charge >= 0.3 is 0 Å². The number of aromatic hydroxyl groups is 1. The Morgan fingerprint density at radius 3 is 2.91 bits per heavy atom. The quantitative estimate of drug-likeness (QED) is 0.862. The van der Waals surface area contributed by atoms with Crippen molar-refractivity contribution >= 4 is 11.9 Å². The molecule has 1 aliphatic carbocycles. The number of carbonyl (C=O) groups is 1. The van der Waals surface area contributed by atoms with E-state index in [9.17, 15) is 9.90 Å². The molecule has 0 radical (unpaired) electrons. The molecule has 23 heavy (non-hydrogen) atoms. The number of hydrogen-bond acceptors (Lipinski definition) is 5. The molecular weight excluding hydrogens is 294 g/mol. The van der Waals surface area contributed by atoms with Crippen LogP contribution < -0.4 is 4.74 Å². The van der Waals surface area contributed by atoms with Gasteiger partial charge in [0.1, 0.15) is 0 Å². The van der Waals surface area contributed by atoms with Gasteiger partial charge < -0.3 is 14.6 Å². The lowest BCUT2D eigenvalue weighted by Gasteiger charge is -2.28. The first-order chi connectivity index (χ1) is 11.2. The molecule has 5 heteroatoms. The van der Waals surface area contributed by atoms with E-state index >= 15 is 0 Å². The van der Waals surface area contributed by atoms with Crippen LogP contribution in [0.3, 0.4) is 0 Å². The molecule has 1 aromatic carbocycles. The van der Waals surface area contributed by atoms with Crippen molar-refractivity contribution in [3.8, 4) is 11.5 Å². The van der Waals surface area contributed by atoms with E-state index in [1.54, 1.807) is 18.2 Å². The number of nitrogens with zero attached hydrogens (tertiary/aromatic N) is 1. The highest BCUT2D eigenvalue weighted by Crippen LogP contribution is 2.32. The fourth-order valence-electron chi connectivity index (χ4n) is 3.24. The molecule has 1 N–H and O–H groups in total. The Balaban J connectivity index is 1.68. The van der Waals surface area contributed by atoms with Crippen LogP contribution in [0, 0.1) is 5.92 Å². The highest BCUT2D eigenvalue weighted by molar-refractivity contribution is 6.03. The monoisotopic (exact) mass is 317 g/mol. The zero-order valence-corrected chi connectivity index (χ0v) is 13.5. The molecule has 1 saturated carbocycles. The first-order valence-corrected chi connectivity index (χ1v) is 8.09. The highest BCUT2D eigenvalue weighted by Gasteiger charge is 2.31. The maximum absolute atomic E-state index is 12.6. The predicted octanol–water partition coefficient (Wildman–Crippen LogP) is 2.10. The molecule has 1 heterocycles. The Labute approximate surface area is 136 Å². The molecule has 0 aromatic heterocycles. The number of Topliss-reactive ketones (excluding diaryl/α,β-unsaturated/α-hetero) is 1. The molecule has 3 rings (SSSR count). The van der Waals surface area contributed by atoms with E-state index in [1.807, 2.05) is 6.08 Å². The van der Waals surface area contributed by atoms with E-state index in [1.165, 1.54) is 7.11 Å². The van der Waals surface area contributed by atoms with Crippen molar-refractivity contribution < 1.29 is 19.4 Å². The molecule has 1 atom stereocenters. The fourth-order valence-corrected chi connectivity index (χ4v) is 3.24. The number of carbonyl (C=O) groups excluding carboxylic acids is 1. The number of ether oxygens (including phenoxy) is 2. The molecule has 1 unspecified atom stereocenters.